The van der Waals surface area contributed by atoms with Crippen molar-refractivity contribution in [2.75, 3.05) is 7.11 Å². The molecule has 1 heterocycles. The van der Waals surface area contributed by atoms with Gasteiger partial charge in [-0.25, -0.2) is 14.2 Å². The molecule has 0 unspecified atom stereocenters. The van der Waals surface area contributed by atoms with Crippen LogP contribution in [-0.2, 0) is 16.7 Å². The van der Waals surface area contributed by atoms with Crippen molar-refractivity contribution in [3.8, 4) is 11.1 Å². The van der Waals surface area contributed by atoms with Crippen molar-refractivity contribution in [1.82, 2.24) is 9.55 Å². The molecule has 0 spiro atoms. The molecule has 0 aliphatic heterocycles. The summed E-state index contributed by atoms with van der Waals surface area (Å²) in [5.74, 6) is 0.112. The molecular weight excluding hydrogens is 547 g/mol. The first-order chi connectivity index (χ1) is 21.6. The van der Waals surface area contributed by atoms with Gasteiger partial charge in [0.1, 0.15) is 17.2 Å². The number of halogens is 1. The lowest BCUT2D eigenvalue weighted by molar-refractivity contribution is 0.0601. The Balaban J connectivity index is 1.42. The number of methoxy groups -OCH3 is 1. The molecule has 0 N–H and O–H groups in total. The van der Waals surface area contributed by atoms with E-state index in [0.717, 1.165) is 33.6 Å². The minimum Gasteiger partial charge on any atom is -0.465 e. The van der Waals surface area contributed by atoms with E-state index in [9.17, 15) is 9.18 Å². The third-order valence-corrected chi connectivity index (χ3v) is 7.87. The van der Waals surface area contributed by atoms with Gasteiger partial charge in [-0.3, -0.25) is 0 Å². The molecule has 0 aliphatic carbocycles. The number of ether oxygens (including phenoxy) is 1. The Morgan fingerprint density at radius 1 is 0.795 bits per heavy atom. The van der Waals surface area contributed by atoms with Gasteiger partial charge in [0.15, 0.2) is 0 Å². The van der Waals surface area contributed by atoms with Crippen LogP contribution in [0.4, 0.5) is 4.39 Å². The van der Waals surface area contributed by atoms with Crippen LogP contribution in [0.15, 0.2) is 152 Å². The van der Waals surface area contributed by atoms with Crippen molar-refractivity contribution in [3.05, 3.63) is 191 Å². The number of hydrogen-bond acceptors (Lipinski definition) is 3. The fourth-order valence-corrected chi connectivity index (χ4v) is 5.87. The summed E-state index contributed by atoms with van der Waals surface area (Å²) in [4.78, 5) is 17.3. The molecule has 0 radical (unpaired) electrons. The Morgan fingerprint density at radius 2 is 1.36 bits per heavy atom. The summed E-state index contributed by atoms with van der Waals surface area (Å²) >= 11 is 0. The molecule has 44 heavy (non-hydrogen) atoms. The van der Waals surface area contributed by atoms with Crippen molar-refractivity contribution < 1.29 is 13.9 Å². The average molecular weight is 579 g/mol. The second-order valence-electron chi connectivity index (χ2n) is 10.4. The molecule has 0 amide bonds. The molecule has 216 valence electrons. The topological polar surface area (TPSA) is 44.1 Å². The number of esters is 1. The van der Waals surface area contributed by atoms with Gasteiger partial charge < -0.3 is 9.30 Å². The van der Waals surface area contributed by atoms with Crippen molar-refractivity contribution in [2.24, 2.45) is 0 Å². The number of allylic oxidation sites excluding steroid dienone is 1. The predicted octanol–water partition coefficient (Wildman–Crippen LogP) is 8.57. The van der Waals surface area contributed by atoms with Crippen LogP contribution in [0, 0.1) is 5.82 Å². The summed E-state index contributed by atoms with van der Waals surface area (Å²) in [7, 11) is 1.35. The quantitative estimate of drug-likeness (QED) is 0.128. The highest BCUT2D eigenvalue weighted by Crippen LogP contribution is 2.41. The first kappa shape index (κ1) is 28.6. The number of rotatable bonds is 9. The highest BCUT2D eigenvalue weighted by atomic mass is 19.1. The molecule has 0 fully saturated rings. The molecule has 0 bridgehead atoms. The van der Waals surface area contributed by atoms with E-state index in [1.54, 1.807) is 18.2 Å². The summed E-state index contributed by atoms with van der Waals surface area (Å²) in [6.45, 7) is 0. The smallest absolute Gasteiger partial charge is 0.338 e. The van der Waals surface area contributed by atoms with Crippen LogP contribution >= 0.6 is 0 Å². The Morgan fingerprint density at radius 3 is 1.91 bits per heavy atom. The van der Waals surface area contributed by atoms with E-state index >= 15 is 0 Å². The lowest BCUT2D eigenvalue weighted by Gasteiger charge is -2.38. The number of hydrogen-bond donors (Lipinski definition) is 0. The van der Waals surface area contributed by atoms with Gasteiger partial charge in [0, 0.05) is 18.8 Å². The first-order valence-corrected chi connectivity index (χ1v) is 14.5. The number of nitrogens with zero attached hydrogens (tertiary/aromatic N) is 2. The number of imidazole rings is 1. The van der Waals surface area contributed by atoms with Crippen LogP contribution in [-0.4, -0.2) is 22.6 Å². The number of carbonyl (C=O) groups is 1. The summed E-state index contributed by atoms with van der Waals surface area (Å²) in [5.41, 5.74) is 5.46. The van der Waals surface area contributed by atoms with Crippen LogP contribution in [0.25, 0.3) is 17.2 Å². The van der Waals surface area contributed by atoms with E-state index < -0.39 is 11.5 Å². The molecule has 0 atom stereocenters. The lowest BCUT2D eigenvalue weighted by Crippen LogP contribution is -2.38. The molecule has 0 saturated carbocycles. The lowest BCUT2D eigenvalue weighted by atomic mass is 9.76. The molecule has 1 aromatic heterocycles. The average Bonchev–Trinajstić information content (AvgIpc) is 3.55. The van der Waals surface area contributed by atoms with Crippen LogP contribution < -0.4 is 0 Å². The van der Waals surface area contributed by atoms with E-state index in [0.29, 0.717) is 17.5 Å². The summed E-state index contributed by atoms with van der Waals surface area (Å²) in [6.07, 6.45) is 8.55. The molecule has 5 heteroatoms. The van der Waals surface area contributed by atoms with Crippen LogP contribution in [0.5, 0.6) is 0 Å². The number of carbonyl (C=O) groups excluding carboxylic acids is 1. The van der Waals surface area contributed by atoms with Gasteiger partial charge in [-0.05, 0) is 57.6 Å². The minimum absolute atomic E-state index is 0.336. The second-order valence-corrected chi connectivity index (χ2v) is 10.4. The molecular formula is C39H31FN2O2. The molecule has 5 aromatic carbocycles. The Hall–Kier alpha value is -5.55. The fourth-order valence-electron chi connectivity index (χ4n) is 5.87. The van der Waals surface area contributed by atoms with E-state index in [-0.39, 0.29) is 5.82 Å². The SMILES string of the molecule is COC(=O)c1ccc(C=CCc2nccn2C(c2ccccc2)(c2ccccc2)c2ccccc2)cc1-c1ccc(F)cc1. The van der Waals surface area contributed by atoms with Crippen molar-refractivity contribution >= 4 is 12.0 Å². The van der Waals surface area contributed by atoms with Crippen molar-refractivity contribution in [3.63, 3.8) is 0 Å². The van der Waals surface area contributed by atoms with Gasteiger partial charge >= 0.3 is 5.97 Å². The first-order valence-electron chi connectivity index (χ1n) is 14.5. The van der Waals surface area contributed by atoms with E-state index in [4.69, 9.17) is 9.72 Å². The van der Waals surface area contributed by atoms with Gasteiger partial charge in [0.2, 0.25) is 0 Å². The minimum atomic E-state index is -0.651. The maximum atomic E-state index is 13.6. The normalized spacial score (nSPS) is 11.5. The van der Waals surface area contributed by atoms with Gasteiger partial charge in [0.05, 0.1) is 12.7 Å². The van der Waals surface area contributed by atoms with Crippen molar-refractivity contribution in [2.45, 2.75) is 12.0 Å². The third-order valence-electron chi connectivity index (χ3n) is 7.87. The zero-order valence-corrected chi connectivity index (χ0v) is 24.3. The Kier molecular flexibility index (Phi) is 8.28. The standard InChI is InChI=1S/C39H31FN2O2/c1-44-38(43)35-25-20-29(28-36(35)30-21-23-34(40)24-22-30)12-11-19-37-41-26-27-42(37)39(31-13-5-2-6-14-31,32-15-7-3-8-16-32)33-17-9-4-10-18-33/h2-18,20-28H,19H2,1H3. The van der Waals surface area contributed by atoms with E-state index in [1.165, 1.54) is 19.2 Å². The monoisotopic (exact) mass is 578 g/mol. The molecule has 0 saturated heterocycles. The zero-order chi connectivity index (χ0) is 30.4. The fraction of sp³-hybridized carbons (Fsp3) is 0.0769. The van der Waals surface area contributed by atoms with E-state index in [1.807, 2.05) is 48.8 Å². The number of benzene rings is 5. The maximum Gasteiger partial charge on any atom is 0.338 e. The van der Waals surface area contributed by atoms with Crippen LogP contribution in [0.2, 0.25) is 0 Å². The molecule has 4 nitrogen and oxygen atoms in total. The van der Waals surface area contributed by atoms with Crippen molar-refractivity contribution in [1.29, 1.82) is 0 Å². The van der Waals surface area contributed by atoms with Gasteiger partial charge in [-0.1, -0.05) is 121 Å². The largest absolute Gasteiger partial charge is 0.465 e. The second kappa shape index (κ2) is 12.8. The molecule has 0 aliphatic rings. The Labute approximate surface area is 256 Å². The zero-order valence-electron chi connectivity index (χ0n) is 24.3. The Bertz CT molecular complexity index is 1780. The van der Waals surface area contributed by atoms with Gasteiger partial charge in [-0.15, -0.1) is 0 Å². The highest BCUT2D eigenvalue weighted by molar-refractivity contribution is 5.97. The molecule has 6 rings (SSSR count). The summed E-state index contributed by atoms with van der Waals surface area (Å²) in [5, 5.41) is 0. The number of aromatic nitrogens is 2. The van der Waals surface area contributed by atoms with E-state index in [2.05, 4.69) is 83.4 Å². The third kappa shape index (κ3) is 5.48. The predicted molar refractivity (Wildman–Crippen MR) is 173 cm³/mol. The molecule has 6 aromatic rings. The van der Waals surface area contributed by atoms with Gasteiger partial charge in [0.25, 0.3) is 0 Å². The van der Waals surface area contributed by atoms with Crippen LogP contribution in [0.3, 0.4) is 0 Å². The van der Waals surface area contributed by atoms with Gasteiger partial charge in [-0.2, -0.15) is 0 Å². The summed E-state index contributed by atoms with van der Waals surface area (Å²) in [6, 6.07) is 43.2. The maximum absolute atomic E-state index is 13.6. The van der Waals surface area contributed by atoms with Crippen LogP contribution in [0.1, 0.15) is 38.4 Å². The summed E-state index contributed by atoms with van der Waals surface area (Å²) < 4.78 is 20.9. The highest BCUT2D eigenvalue weighted by Gasteiger charge is 2.39.